The van der Waals surface area contributed by atoms with Gasteiger partial charge >= 0.3 is 0 Å². The fourth-order valence-corrected chi connectivity index (χ4v) is 2.02. The quantitative estimate of drug-likeness (QED) is 0.593. The third-order valence-electron chi connectivity index (χ3n) is 3.38. The highest BCUT2D eigenvalue weighted by Crippen LogP contribution is 2.22. The molecule has 0 aromatic heterocycles. The summed E-state index contributed by atoms with van der Waals surface area (Å²) in [4.78, 5) is 35.7. The molecule has 1 unspecified atom stereocenters. The molecule has 0 bridgehead atoms. The van der Waals surface area contributed by atoms with E-state index >= 15 is 0 Å². The third-order valence-corrected chi connectivity index (χ3v) is 3.38. The van der Waals surface area contributed by atoms with E-state index in [1.165, 1.54) is 0 Å². The molecule has 0 aromatic carbocycles. The van der Waals surface area contributed by atoms with Gasteiger partial charge in [0, 0.05) is 12.6 Å². The number of allylic oxidation sites excluding steroid dienone is 2. The lowest BCUT2D eigenvalue weighted by Crippen LogP contribution is -2.38. The Morgan fingerprint density at radius 2 is 2.14 bits per heavy atom. The molecule has 122 valence electrons. The van der Waals surface area contributed by atoms with E-state index in [2.05, 4.69) is 0 Å². The summed E-state index contributed by atoms with van der Waals surface area (Å²) in [6.07, 6.45) is 1.18. The summed E-state index contributed by atoms with van der Waals surface area (Å²) < 4.78 is 19.0. The van der Waals surface area contributed by atoms with Crippen LogP contribution in [0.1, 0.15) is 33.6 Å². The van der Waals surface area contributed by atoms with E-state index in [0.29, 0.717) is 11.9 Å². The lowest BCUT2D eigenvalue weighted by Gasteiger charge is -2.25. The first-order chi connectivity index (χ1) is 10.3. The maximum atomic E-state index is 13.7. The van der Waals surface area contributed by atoms with Gasteiger partial charge in [0.1, 0.15) is 30.5 Å². The highest BCUT2D eigenvalue weighted by molar-refractivity contribution is 6.18. The highest BCUT2D eigenvalue weighted by atomic mass is 19.1. The predicted octanol–water partition coefficient (Wildman–Crippen LogP) is 1.42. The van der Waals surface area contributed by atoms with Crippen LogP contribution in [-0.2, 0) is 19.1 Å². The standard InChI is InChI=1S/C15H21FN2O4/c1-9(2)12(7-19)22-8-18-6-11(16)5-4-10(3)13(14(17)20)15(18)21/h6-7,9,12H,4-5,8H2,1-3H3,(H2,17,20). The van der Waals surface area contributed by atoms with Crippen molar-refractivity contribution in [3.63, 3.8) is 0 Å². The van der Waals surface area contributed by atoms with Crippen molar-refractivity contribution in [2.45, 2.75) is 39.7 Å². The van der Waals surface area contributed by atoms with Crippen LogP contribution in [0, 0.1) is 5.92 Å². The predicted molar refractivity (Wildman–Crippen MR) is 77.8 cm³/mol. The van der Waals surface area contributed by atoms with Gasteiger partial charge in [-0.15, -0.1) is 0 Å². The number of ether oxygens (including phenoxy) is 1. The lowest BCUT2D eigenvalue weighted by molar-refractivity contribution is -0.137. The zero-order chi connectivity index (χ0) is 16.9. The Kier molecular flexibility index (Phi) is 6.42. The SMILES string of the molecule is CC1=C(C(N)=O)C(=O)N(COC(C=O)C(C)C)C=C(F)CC1. The number of hydrogen-bond donors (Lipinski definition) is 1. The van der Waals surface area contributed by atoms with Crippen molar-refractivity contribution >= 4 is 18.1 Å². The van der Waals surface area contributed by atoms with Crippen LogP contribution in [0.25, 0.3) is 0 Å². The minimum atomic E-state index is -0.862. The van der Waals surface area contributed by atoms with Crippen LogP contribution >= 0.6 is 0 Å². The molecule has 1 rings (SSSR count). The van der Waals surface area contributed by atoms with Gasteiger partial charge in [0.15, 0.2) is 0 Å². The van der Waals surface area contributed by atoms with Crippen LogP contribution in [-0.4, -0.2) is 35.8 Å². The fraction of sp³-hybridized carbons (Fsp3) is 0.533. The number of aldehydes is 1. The third kappa shape index (κ3) is 4.49. The minimum Gasteiger partial charge on any atom is -0.365 e. The molecule has 0 spiro atoms. The van der Waals surface area contributed by atoms with Gasteiger partial charge in [-0.05, 0) is 19.3 Å². The number of primary amides is 1. The average Bonchev–Trinajstić information content (AvgIpc) is 2.42. The Balaban J connectivity index is 3.00. The van der Waals surface area contributed by atoms with Gasteiger partial charge in [-0.25, -0.2) is 4.39 Å². The summed E-state index contributed by atoms with van der Waals surface area (Å²) >= 11 is 0. The molecule has 0 aliphatic carbocycles. The van der Waals surface area contributed by atoms with Gasteiger partial charge < -0.3 is 15.3 Å². The van der Waals surface area contributed by atoms with Crippen molar-refractivity contribution in [1.29, 1.82) is 0 Å². The normalized spacial score (nSPS) is 18.0. The number of rotatable bonds is 6. The largest absolute Gasteiger partial charge is 0.365 e. The van der Waals surface area contributed by atoms with Crippen LogP contribution in [0.5, 0.6) is 0 Å². The second kappa shape index (κ2) is 7.84. The second-order valence-corrected chi connectivity index (χ2v) is 5.51. The number of carbonyl (C=O) groups excluding carboxylic acids is 3. The first-order valence-electron chi connectivity index (χ1n) is 7.01. The van der Waals surface area contributed by atoms with Gasteiger partial charge in [0.25, 0.3) is 11.8 Å². The number of nitrogens with two attached hydrogens (primary N) is 1. The summed E-state index contributed by atoms with van der Waals surface area (Å²) in [5.74, 6) is -2.19. The molecular weight excluding hydrogens is 291 g/mol. The summed E-state index contributed by atoms with van der Waals surface area (Å²) in [7, 11) is 0. The van der Waals surface area contributed by atoms with Crippen molar-refractivity contribution in [3.8, 4) is 0 Å². The number of halogens is 1. The van der Waals surface area contributed by atoms with Crippen LogP contribution in [0.2, 0.25) is 0 Å². The van der Waals surface area contributed by atoms with Crippen LogP contribution < -0.4 is 5.73 Å². The molecule has 0 radical (unpaired) electrons. The summed E-state index contributed by atoms with van der Waals surface area (Å²) in [6, 6.07) is 0. The van der Waals surface area contributed by atoms with Gasteiger partial charge in [-0.2, -0.15) is 0 Å². The molecular formula is C15H21FN2O4. The average molecular weight is 312 g/mol. The molecule has 7 heteroatoms. The molecule has 2 amide bonds. The van der Waals surface area contributed by atoms with Gasteiger partial charge in [0.05, 0.1) is 0 Å². The van der Waals surface area contributed by atoms with Crippen molar-refractivity contribution in [2.75, 3.05) is 6.73 Å². The van der Waals surface area contributed by atoms with E-state index in [1.807, 2.05) is 0 Å². The monoisotopic (exact) mass is 312 g/mol. The molecule has 1 atom stereocenters. The maximum absolute atomic E-state index is 13.7. The Hall–Kier alpha value is -2.02. The van der Waals surface area contributed by atoms with Gasteiger partial charge in [-0.1, -0.05) is 19.4 Å². The molecule has 0 aromatic rings. The Labute approximate surface area is 128 Å². The second-order valence-electron chi connectivity index (χ2n) is 5.51. The van der Waals surface area contributed by atoms with Crippen LogP contribution in [0.15, 0.2) is 23.2 Å². The van der Waals surface area contributed by atoms with E-state index in [1.54, 1.807) is 20.8 Å². The zero-order valence-electron chi connectivity index (χ0n) is 13.0. The molecule has 2 N–H and O–H groups in total. The Bertz CT molecular complexity index is 526. The van der Waals surface area contributed by atoms with E-state index in [9.17, 15) is 18.8 Å². The van der Waals surface area contributed by atoms with Crippen LogP contribution in [0.3, 0.4) is 0 Å². The molecule has 1 aliphatic heterocycles. The first-order valence-corrected chi connectivity index (χ1v) is 7.01. The molecule has 0 saturated carbocycles. The van der Waals surface area contributed by atoms with E-state index in [4.69, 9.17) is 10.5 Å². The maximum Gasteiger partial charge on any atom is 0.265 e. The van der Waals surface area contributed by atoms with E-state index in [0.717, 1.165) is 11.1 Å². The van der Waals surface area contributed by atoms with Gasteiger partial charge in [0.2, 0.25) is 0 Å². The minimum absolute atomic E-state index is 0.0632. The van der Waals surface area contributed by atoms with E-state index in [-0.39, 0.29) is 31.1 Å². The van der Waals surface area contributed by atoms with Crippen molar-refractivity contribution in [3.05, 3.63) is 23.2 Å². The summed E-state index contributed by atoms with van der Waals surface area (Å²) in [5.41, 5.74) is 5.50. The zero-order valence-corrected chi connectivity index (χ0v) is 13.0. The van der Waals surface area contributed by atoms with Gasteiger partial charge in [-0.3, -0.25) is 14.5 Å². The first kappa shape index (κ1) is 18.0. The fourth-order valence-electron chi connectivity index (χ4n) is 2.02. The van der Waals surface area contributed by atoms with Crippen molar-refractivity contribution in [1.82, 2.24) is 4.90 Å². The number of hydrogen-bond acceptors (Lipinski definition) is 4. The molecule has 6 nitrogen and oxygen atoms in total. The number of amides is 2. The lowest BCUT2D eigenvalue weighted by atomic mass is 10.0. The smallest absolute Gasteiger partial charge is 0.265 e. The van der Waals surface area contributed by atoms with E-state index < -0.39 is 23.7 Å². The Morgan fingerprint density at radius 1 is 1.50 bits per heavy atom. The van der Waals surface area contributed by atoms with Crippen molar-refractivity contribution < 1.29 is 23.5 Å². The number of nitrogens with zero attached hydrogens (tertiary/aromatic N) is 1. The number of carbonyl (C=O) groups is 3. The molecule has 0 fully saturated rings. The van der Waals surface area contributed by atoms with Crippen molar-refractivity contribution in [2.24, 2.45) is 11.7 Å². The molecule has 22 heavy (non-hydrogen) atoms. The highest BCUT2D eigenvalue weighted by Gasteiger charge is 2.27. The topological polar surface area (TPSA) is 89.7 Å². The van der Waals surface area contributed by atoms with Crippen LogP contribution in [0.4, 0.5) is 4.39 Å². The molecule has 1 heterocycles. The Morgan fingerprint density at radius 3 is 2.64 bits per heavy atom. The molecule has 1 aliphatic rings. The molecule has 0 saturated heterocycles. The summed E-state index contributed by atoms with van der Waals surface area (Å²) in [5, 5.41) is 0. The summed E-state index contributed by atoms with van der Waals surface area (Å²) in [6.45, 7) is 4.79.